The van der Waals surface area contributed by atoms with E-state index in [1.165, 1.54) is 37.0 Å². The van der Waals surface area contributed by atoms with Crippen molar-refractivity contribution in [2.24, 2.45) is 0 Å². The Hall–Kier alpha value is -4.37. The van der Waals surface area contributed by atoms with Crippen LogP contribution in [0, 0.1) is 0 Å². The molecule has 1 N–H and O–H groups in total. The van der Waals surface area contributed by atoms with Gasteiger partial charge < -0.3 is 14.8 Å². The van der Waals surface area contributed by atoms with Gasteiger partial charge in [0.15, 0.2) is 5.78 Å². The first-order valence-corrected chi connectivity index (χ1v) is 11.2. The van der Waals surface area contributed by atoms with Gasteiger partial charge in [-0.2, -0.15) is 0 Å². The standard InChI is InChI=1S/C26H22ClN3O6/c1-35-22-12-11-16(13-18(22)27)21(31)14-29-20-9-5-3-7-17(20)25(33)30(26(29)34)15-24(32)28-19-8-4-6-10-23(19)36-2/h3-13H,14-15H2,1-2H3,(H,28,32). The molecule has 0 radical (unpaired) electrons. The van der Waals surface area contributed by atoms with E-state index in [0.717, 1.165) is 4.57 Å². The molecule has 0 spiro atoms. The van der Waals surface area contributed by atoms with E-state index < -0.39 is 29.5 Å². The molecule has 0 saturated heterocycles. The molecule has 0 aliphatic carbocycles. The second-order valence-electron chi connectivity index (χ2n) is 7.80. The maximum absolute atomic E-state index is 13.4. The lowest BCUT2D eigenvalue weighted by atomic mass is 10.1. The van der Waals surface area contributed by atoms with Gasteiger partial charge in [-0.25, -0.2) is 4.79 Å². The third kappa shape index (κ3) is 4.87. The number of halogens is 1. The van der Waals surface area contributed by atoms with Crippen LogP contribution in [-0.2, 0) is 17.9 Å². The summed E-state index contributed by atoms with van der Waals surface area (Å²) in [4.78, 5) is 52.3. The molecule has 4 aromatic rings. The monoisotopic (exact) mass is 507 g/mol. The van der Waals surface area contributed by atoms with E-state index in [1.807, 2.05) is 0 Å². The van der Waals surface area contributed by atoms with Gasteiger partial charge in [-0.05, 0) is 42.5 Å². The maximum Gasteiger partial charge on any atom is 0.332 e. The molecule has 0 atom stereocenters. The average Bonchev–Trinajstić information content (AvgIpc) is 2.89. The number of carbonyl (C=O) groups excluding carboxylic acids is 2. The first-order valence-electron chi connectivity index (χ1n) is 10.9. The molecule has 0 bridgehead atoms. The van der Waals surface area contributed by atoms with Crippen LogP contribution in [0.25, 0.3) is 10.9 Å². The summed E-state index contributed by atoms with van der Waals surface area (Å²) < 4.78 is 12.3. The molecule has 0 unspecified atom stereocenters. The lowest BCUT2D eigenvalue weighted by molar-refractivity contribution is -0.116. The molecular weight excluding hydrogens is 486 g/mol. The van der Waals surface area contributed by atoms with Crippen LogP contribution in [0.4, 0.5) is 5.69 Å². The predicted octanol–water partition coefficient (Wildman–Crippen LogP) is 3.36. The molecule has 4 rings (SSSR count). The fourth-order valence-corrected chi connectivity index (χ4v) is 4.08. The molecule has 0 saturated carbocycles. The lowest BCUT2D eigenvalue weighted by Gasteiger charge is -2.14. The fraction of sp³-hybridized carbons (Fsp3) is 0.154. The highest BCUT2D eigenvalue weighted by Crippen LogP contribution is 2.25. The van der Waals surface area contributed by atoms with Crippen molar-refractivity contribution in [3.63, 3.8) is 0 Å². The Morgan fingerprint density at radius 2 is 1.56 bits per heavy atom. The van der Waals surface area contributed by atoms with Crippen LogP contribution in [0.2, 0.25) is 5.02 Å². The lowest BCUT2D eigenvalue weighted by Crippen LogP contribution is -2.43. The van der Waals surface area contributed by atoms with Crippen molar-refractivity contribution in [1.82, 2.24) is 9.13 Å². The highest BCUT2D eigenvalue weighted by Gasteiger charge is 2.19. The van der Waals surface area contributed by atoms with E-state index in [-0.39, 0.29) is 28.0 Å². The van der Waals surface area contributed by atoms with Gasteiger partial charge in [0.25, 0.3) is 5.56 Å². The third-order valence-corrected chi connectivity index (χ3v) is 5.89. The summed E-state index contributed by atoms with van der Waals surface area (Å²) in [7, 11) is 2.92. The molecular formula is C26H22ClN3O6. The molecule has 1 amide bonds. The van der Waals surface area contributed by atoms with Crippen LogP contribution in [-0.4, -0.2) is 35.0 Å². The molecule has 3 aromatic carbocycles. The van der Waals surface area contributed by atoms with E-state index in [9.17, 15) is 19.2 Å². The molecule has 184 valence electrons. The minimum Gasteiger partial charge on any atom is -0.495 e. The van der Waals surface area contributed by atoms with Crippen LogP contribution in [0.5, 0.6) is 11.5 Å². The smallest absolute Gasteiger partial charge is 0.332 e. The Morgan fingerprint density at radius 1 is 0.861 bits per heavy atom. The second-order valence-corrected chi connectivity index (χ2v) is 8.21. The molecule has 0 fully saturated rings. The first kappa shape index (κ1) is 24.7. The molecule has 36 heavy (non-hydrogen) atoms. The number of ketones is 1. The number of carbonyl (C=O) groups is 2. The predicted molar refractivity (Wildman–Crippen MR) is 136 cm³/mol. The number of ether oxygens (including phenoxy) is 2. The first-order chi connectivity index (χ1) is 17.3. The topological polar surface area (TPSA) is 109 Å². The molecule has 1 aromatic heterocycles. The minimum atomic E-state index is -0.790. The summed E-state index contributed by atoms with van der Waals surface area (Å²) in [6.07, 6.45) is 0. The van der Waals surface area contributed by atoms with E-state index >= 15 is 0 Å². The number of hydrogen-bond acceptors (Lipinski definition) is 6. The van der Waals surface area contributed by atoms with Crippen LogP contribution >= 0.6 is 11.6 Å². The molecule has 9 nitrogen and oxygen atoms in total. The van der Waals surface area contributed by atoms with Gasteiger partial charge >= 0.3 is 5.69 Å². The Balaban J connectivity index is 1.72. The number of rotatable bonds is 8. The molecule has 1 heterocycles. The largest absolute Gasteiger partial charge is 0.495 e. The average molecular weight is 508 g/mol. The zero-order chi connectivity index (χ0) is 25.8. The quantitative estimate of drug-likeness (QED) is 0.366. The van der Waals surface area contributed by atoms with Crippen LogP contribution < -0.4 is 26.0 Å². The number of amides is 1. The molecule has 0 aliphatic heterocycles. The van der Waals surface area contributed by atoms with E-state index in [2.05, 4.69) is 5.32 Å². The second kappa shape index (κ2) is 10.5. The summed E-state index contributed by atoms with van der Waals surface area (Å²) >= 11 is 6.15. The van der Waals surface area contributed by atoms with Crippen molar-refractivity contribution < 1.29 is 19.1 Å². The van der Waals surface area contributed by atoms with Crippen molar-refractivity contribution in [3.05, 3.63) is 98.2 Å². The third-order valence-electron chi connectivity index (χ3n) is 5.59. The van der Waals surface area contributed by atoms with Crippen LogP contribution in [0.3, 0.4) is 0 Å². The number of benzene rings is 3. The summed E-state index contributed by atoms with van der Waals surface area (Å²) in [5.41, 5.74) is -0.486. The van der Waals surface area contributed by atoms with Crippen molar-refractivity contribution in [3.8, 4) is 11.5 Å². The molecule has 0 aliphatic rings. The van der Waals surface area contributed by atoms with E-state index in [0.29, 0.717) is 17.2 Å². The summed E-state index contributed by atoms with van der Waals surface area (Å²) in [5.74, 6) is -0.174. The van der Waals surface area contributed by atoms with Gasteiger partial charge in [0.2, 0.25) is 5.91 Å². The van der Waals surface area contributed by atoms with E-state index in [4.69, 9.17) is 21.1 Å². The highest BCUT2D eigenvalue weighted by atomic mass is 35.5. The summed E-state index contributed by atoms with van der Waals surface area (Å²) in [5, 5.41) is 3.10. The Kier molecular flexibility index (Phi) is 7.21. The highest BCUT2D eigenvalue weighted by molar-refractivity contribution is 6.32. The number of aromatic nitrogens is 2. The van der Waals surface area contributed by atoms with Gasteiger partial charge in [-0.15, -0.1) is 0 Å². The Labute approximate surface area is 210 Å². The number of nitrogens with one attached hydrogen (secondary N) is 1. The van der Waals surface area contributed by atoms with Crippen molar-refractivity contribution >= 4 is 39.9 Å². The number of Topliss-reactive ketones (excluding diaryl/α,β-unsaturated/α-hetero) is 1. The molecule has 10 heteroatoms. The number of fused-ring (bicyclic) bond motifs is 1. The zero-order valence-corrected chi connectivity index (χ0v) is 20.2. The Bertz CT molecular complexity index is 1590. The SMILES string of the molecule is COc1ccc(C(=O)Cn2c(=O)n(CC(=O)Nc3ccccc3OC)c(=O)c3ccccc32)cc1Cl. The zero-order valence-electron chi connectivity index (χ0n) is 19.5. The number of methoxy groups -OCH3 is 2. The number of nitrogens with zero attached hydrogens (tertiary/aromatic N) is 2. The summed E-state index contributed by atoms with van der Waals surface area (Å²) in [6, 6.07) is 17.7. The van der Waals surface area contributed by atoms with Crippen molar-refractivity contribution in [1.29, 1.82) is 0 Å². The van der Waals surface area contributed by atoms with Crippen molar-refractivity contribution in [2.45, 2.75) is 13.1 Å². The van der Waals surface area contributed by atoms with Gasteiger partial charge in [-0.3, -0.25) is 23.5 Å². The van der Waals surface area contributed by atoms with Gasteiger partial charge in [0.1, 0.15) is 18.0 Å². The Morgan fingerprint density at radius 3 is 2.28 bits per heavy atom. The number of para-hydroxylation sites is 3. The van der Waals surface area contributed by atoms with Crippen LogP contribution in [0.1, 0.15) is 10.4 Å². The normalized spacial score (nSPS) is 10.8. The van der Waals surface area contributed by atoms with Gasteiger partial charge in [0.05, 0.1) is 42.4 Å². The van der Waals surface area contributed by atoms with E-state index in [1.54, 1.807) is 48.5 Å². The van der Waals surface area contributed by atoms with Crippen LogP contribution in [0.15, 0.2) is 76.3 Å². The number of anilines is 1. The van der Waals surface area contributed by atoms with Gasteiger partial charge in [-0.1, -0.05) is 35.9 Å². The fourth-order valence-electron chi connectivity index (χ4n) is 3.82. The minimum absolute atomic E-state index is 0.197. The summed E-state index contributed by atoms with van der Waals surface area (Å²) in [6.45, 7) is -0.917. The van der Waals surface area contributed by atoms with Gasteiger partial charge in [0, 0.05) is 5.56 Å². The number of hydrogen-bond donors (Lipinski definition) is 1. The maximum atomic E-state index is 13.4. The van der Waals surface area contributed by atoms with Crippen molar-refractivity contribution in [2.75, 3.05) is 19.5 Å².